The van der Waals surface area contributed by atoms with Crippen molar-refractivity contribution in [1.82, 2.24) is 10.2 Å². The molecule has 3 rings (SSSR count). The summed E-state index contributed by atoms with van der Waals surface area (Å²) in [5.74, 6) is 4.12. The molecule has 1 aliphatic carbocycles. The molecule has 19 heavy (non-hydrogen) atoms. The minimum Gasteiger partial charge on any atom is -0.324 e. The van der Waals surface area contributed by atoms with Gasteiger partial charge in [-0.15, -0.1) is 0 Å². The van der Waals surface area contributed by atoms with Crippen LogP contribution in [0, 0.1) is 0 Å². The molecule has 0 radical (unpaired) electrons. The van der Waals surface area contributed by atoms with Gasteiger partial charge in [0.2, 0.25) is 5.91 Å². The maximum atomic E-state index is 12.8. The first-order valence-corrected chi connectivity index (χ1v) is 9.73. The monoisotopic (exact) mass is 300 g/mol. The lowest BCUT2D eigenvalue weighted by Crippen LogP contribution is -2.45. The van der Waals surface area contributed by atoms with Crippen molar-refractivity contribution in [3.63, 3.8) is 0 Å². The molecule has 2 atom stereocenters. The van der Waals surface area contributed by atoms with Crippen molar-refractivity contribution in [2.24, 2.45) is 0 Å². The van der Waals surface area contributed by atoms with E-state index in [0.717, 1.165) is 25.8 Å². The van der Waals surface area contributed by atoms with Gasteiger partial charge in [0.05, 0.1) is 11.7 Å². The molecule has 1 saturated carbocycles. The molecular formula is C14H24N2OS2. The van der Waals surface area contributed by atoms with E-state index in [4.69, 9.17) is 0 Å². The van der Waals surface area contributed by atoms with Crippen LogP contribution in [-0.4, -0.2) is 51.6 Å². The van der Waals surface area contributed by atoms with Crippen LogP contribution in [0.1, 0.15) is 39.0 Å². The molecule has 2 aliphatic heterocycles. The van der Waals surface area contributed by atoms with Crippen LogP contribution in [0.15, 0.2) is 0 Å². The topological polar surface area (TPSA) is 32.3 Å². The maximum Gasteiger partial charge on any atom is 0.244 e. The van der Waals surface area contributed by atoms with E-state index in [1.165, 1.54) is 30.1 Å². The Morgan fingerprint density at radius 1 is 1.37 bits per heavy atom. The van der Waals surface area contributed by atoms with Crippen molar-refractivity contribution in [3.05, 3.63) is 0 Å². The van der Waals surface area contributed by atoms with Gasteiger partial charge in [-0.25, -0.2) is 0 Å². The first kappa shape index (κ1) is 14.1. The fourth-order valence-electron chi connectivity index (χ4n) is 3.61. The Morgan fingerprint density at radius 2 is 2.16 bits per heavy atom. The summed E-state index contributed by atoms with van der Waals surface area (Å²) < 4.78 is 0. The molecule has 1 N–H and O–H groups in total. The molecule has 0 aromatic heterocycles. The number of hydrogen-bond donors (Lipinski definition) is 1. The summed E-state index contributed by atoms with van der Waals surface area (Å²) in [5.41, 5.74) is -0.187. The smallest absolute Gasteiger partial charge is 0.244 e. The first-order valence-electron chi connectivity index (χ1n) is 7.53. The zero-order valence-electron chi connectivity index (χ0n) is 11.7. The standard InChI is InChI=1S/C14H24N2OS2/c1-2-12-15-14(5-3-4-6-14)13(17)16(12)9-11-10-18-7-8-19-11/h11-12,15H,2-10H2,1H3. The molecule has 3 nitrogen and oxygen atoms in total. The van der Waals surface area contributed by atoms with Gasteiger partial charge in [-0.3, -0.25) is 10.1 Å². The summed E-state index contributed by atoms with van der Waals surface area (Å²) in [4.78, 5) is 15.0. The fraction of sp³-hybridized carbons (Fsp3) is 0.929. The Bertz CT molecular complexity index is 338. The molecule has 0 aromatic carbocycles. The Balaban J connectivity index is 1.69. The van der Waals surface area contributed by atoms with E-state index >= 15 is 0 Å². The third-order valence-corrected chi connectivity index (χ3v) is 7.45. The number of rotatable bonds is 3. The highest BCUT2D eigenvalue weighted by molar-refractivity contribution is 8.06. The van der Waals surface area contributed by atoms with Crippen LogP contribution < -0.4 is 5.32 Å². The maximum absolute atomic E-state index is 12.8. The quantitative estimate of drug-likeness (QED) is 0.867. The average molecular weight is 300 g/mol. The fourth-order valence-corrected chi connectivity index (χ4v) is 6.27. The van der Waals surface area contributed by atoms with Crippen molar-refractivity contribution in [2.75, 3.05) is 23.8 Å². The Kier molecular flexibility index (Phi) is 4.34. The molecule has 3 fully saturated rings. The van der Waals surface area contributed by atoms with Crippen LogP contribution in [0.3, 0.4) is 0 Å². The van der Waals surface area contributed by atoms with E-state index in [9.17, 15) is 4.79 Å². The summed E-state index contributed by atoms with van der Waals surface area (Å²) in [5, 5.41) is 4.30. The van der Waals surface area contributed by atoms with E-state index in [0.29, 0.717) is 11.2 Å². The van der Waals surface area contributed by atoms with Crippen molar-refractivity contribution < 1.29 is 4.79 Å². The average Bonchev–Trinajstić information content (AvgIpc) is 3.01. The van der Waals surface area contributed by atoms with Crippen molar-refractivity contribution in [1.29, 1.82) is 0 Å². The van der Waals surface area contributed by atoms with E-state index in [1.807, 2.05) is 11.8 Å². The highest BCUT2D eigenvalue weighted by Crippen LogP contribution is 2.38. The molecule has 1 amide bonds. The van der Waals surface area contributed by atoms with Crippen LogP contribution in [0.25, 0.3) is 0 Å². The van der Waals surface area contributed by atoms with Gasteiger partial charge in [-0.1, -0.05) is 19.8 Å². The second kappa shape index (κ2) is 5.86. The molecule has 3 aliphatic rings. The number of carbonyl (C=O) groups excluding carboxylic acids is 1. The lowest BCUT2D eigenvalue weighted by atomic mass is 9.98. The number of nitrogens with one attached hydrogen (secondary N) is 1. The Hall–Kier alpha value is 0.130. The summed E-state index contributed by atoms with van der Waals surface area (Å²) in [6.45, 7) is 3.14. The van der Waals surface area contributed by atoms with Crippen LogP contribution >= 0.6 is 23.5 Å². The third-order valence-electron chi connectivity index (χ3n) is 4.62. The second-order valence-corrected chi connectivity index (χ2v) is 8.44. The number of thioether (sulfide) groups is 2. The van der Waals surface area contributed by atoms with Crippen LogP contribution in [0.2, 0.25) is 0 Å². The Morgan fingerprint density at radius 3 is 2.79 bits per heavy atom. The van der Waals surface area contributed by atoms with Crippen molar-refractivity contribution >= 4 is 29.4 Å². The van der Waals surface area contributed by atoms with Gasteiger partial charge in [-0.05, 0) is 19.3 Å². The zero-order chi connectivity index (χ0) is 13.3. The van der Waals surface area contributed by atoms with E-state index in [-0.39, 0.29) is 11.7 Å². The molecular weight excluding hydrogens is 276 g/mol. The van der Waals surface area contributed by atoms with Crippen LogP contribution in [-0.2, 0) is 4.79 Å². The van der Waals surface area contributed by atoms with Gasteiger partial charge in [-0.2, -0.15) is 23.5 Å². The number of nitrogens with zero attached hydrogens (tertiary/aromatic N) is 1. The van der Waals surface area contributed by atoms with Gasteiger partial charge >= 0.3 is 0 Å². The molecule has 2 saturated heterocycles. The van der Waals surface area contributed by atoms with Crippen molar-refractivity contribution in [3.8, 4) is 0 Å². The van der Waals surface area contributed by atoms with Crippen LogP contribution in [0.4, 0.5) is 0 Å². The summed E-state index contributed by atoms with van der Waals surface area (Å²) in [7, 11) is 0. The largest absolute Gasteiger partial charge is 0.324 e. The van der Waals surface area contributed by atoms with Gasteiger partial charge in [0, 0.05) is 29.1 Å². The van der Waals surface area contributed by atoms with E-state index < -0.39 is 0 Å². The van der Waals surface area contributed by atoms with Gasteiger partial charge < -0.3 is 4.90 Å². The number of amides is 1. The predicted octanol–water partition coefficient (Wildman–Crippen LogP) is 2.32. The molecule has 2 unspecified atom stereocenters. The van der Waals surface area contributed by atoms with Gasteiger partial charge in [0.15, 0.2) is 0 Å². The zero-order valence-corrected chi connectivity index (χ0v) is 13.3. The highest BCUT2D eigenvalue weighted by atomic mass is 32.2. The first-order chi connectivity index (χ1) is 9.25. The SMILES string of the molecule is CCC1NC2(CCCC2)C(=O)N1CC1CSCCS1. The number of carbonyl (C=O) groups is 1. The number of hydrogen-bond acceptors (Lipinski definition) is 4. The normalized spacial score (nSPS) is 34.4. The van der Waals surface area contributed by atoms with Crippen LogP contribution in [0.5, 0.6) is 0 Å². The summed E-state index contributed by atoms with van der Waals surface area (Å²) >= 11 is 4.09. The van der Waals surface area contributed by atoms with Gasteiger partial charge in [0.25, 0.3) is 0 Å². The van der Waals surface area contributed by atoms with E-state index in [2.05, 4.69) is 28.9 Å². The summed E-state index contributed by atoms with van der Waals surface area (Å²) in [6, 6.07) is 0. The summed E-state index contributed by atoms with van der Waals surface area (Å²) in [6.07, 6.45) is 5.81. The highest BCUT2D eigenvalue weighted by Gasteiger charge is 2.51. The minimum atomic E-state index is -0.187. The van der Waals surface area contributed by atoms with E-state index in [1.54, 1.807) is 0 Å². The molecule has 5 heteroatoms. The predicted molar refractivity (Wildman–Crippen MR) is 83.7 cm³/mol. The Labute approximate surface area is 124 Å². The molecule has 2 heterocycles. The molecule has 108 valence electrons. The van der Waals surface area contributed by atoms with Gasteiger partial charge in [0.1, 0.15) is 0 Å². The lowest BCUT2D eigenvalue weighted by molar-refractivity contribution is -0.133. The second-order valence-electron chi connectivity index (χ2n) is 5.88. The molecule has 0 aromatic rings. The lowest BCUT2D eigenvalue weighted by Gasteiger charge is -2.29. The molecule has 1 spiro atoms. The van der Waals surface area contributed by atoms with Crippen molar-refractivity contribution in [2.45, 2.75) is 56.0 Å². The molecule has 0 bridgehead atoms. The minimum absolute atomic E-state index is 0.187. The third kappa shape index (κ3) is 2.66.